The topological polar surface area (TPSA) is 59.9 Å². The van der Waals surface area contributed by atoms with Crippen LogP contribution in [0.1, 0.15) is 16.7 Å². The Morgan fingerprint density at radius 2 is 1.84 bits per heavy atom. The van der Waals surface area contributed by atoms with Gasteiger partial charge in [0.2, 0.25) is 0 Å². The summed E-state index contributed by atoms with van der Waals surface area (Å²) in [7, 11) is 1.56. The van der Waals surface area contributed by atoms with E-state index in [1.807, 2.05) is 60.7 Å². The molecule has 0 aliphatic heterocycles. The number of ether oxygens (including phenoxy) is 2. The first kappa shape index (κ1) is 22.6. The Bertz CT molecular complexity index is 1080. The lowest BCUT2D eigenvalue weighted by Gasteiger charge is -2.13. The summed E-state index contributed by atoms with van der Waals surface area (Å²) in [6.07, 6.45) is 4.68. The van der Waals surface area contributed by atoms with Crippen molar-refractivity contribution in [2.75, 3.05) is 7.11 Å². The molecular formula is C24H20BrClN2O3. The van der Waals surface area contributed by atoms with Gasteiger partial charge in [-0.3, -0.25) is 4.79 Å². The third-order valence-corrected chi connectivity index (χ3v) is 5.00. The van der Waals surface area contributed by atoms with Gasteiger partial charge >= 0.3 is 0 Å². The largest absolute Gasteiger partial charge is 0.493 e. The van der Waals surface area contributed by atoms with Crippen LogP contribution in [0.5, 0.6) is 11.5 Å². The van der Waals surface area contributed by atoms with Crippen molar-refractivity contribution in [1.82, 2.24) is 5.43 Å². The predicted octanol–water partition coefficient (Wildman–Crippen LogP) is 5.85. The van der Waals surface area contributed by atoms with Crippen LogP contribution >= 0.6 is 27.5 Å². The quantitative estimate of drug-likeness (QED) is 0.240. The molecule has 1 N–H and O–H groups in total. The monoisotopic (exact) mass is 498 g/mol. The van der Waals surface area contributed by atoms with E-state index in [1.165, 1.54) is 12.3 Å². The second kappa shape index (κ2) is 11.3. The number of nitrogens with zero attached hydrogens (tertiary/aromatic N) is 1. The van der Waals surface area contributed by atoms with E-state index in [1.54, 1.807) is 19.3 Å². The van der Waals surface area contributed by atoms with E-state index in [0.717, 1.165) is 16.7 Å². The molecular weight excluding hydrogens is 480 g/mol. The van der Waals surface area contributed by atoms with Crippen molar-refractivity contribution in [2.24, 2.45) is 5.10 Å². The zero-order valence-corrected chi connectivity index (χ0v) is 19.1. The third-order valence-electron chi connectivity index (χ3n) is 4.16. The number of hydrazone groups is 1. The fourth-order valence-corrected chi connectivity index (χ4v) is 3.33. The number of hydrogen-bond donors (Lipinski definition) is 1. The van der Waals surface area contributed by atoms with E-state index < -0.39 is 0 Å². The number of methoxy groups -OCH3 is 1. The van der Waals surface area contributed by atoms with Crippen LogP contribution in [0.2, 0.25) is 5.02 Å². The first-order valence-corrected chi connectivity index (χ1v) is 10.5. The summed E-state index contributed by atoms with van der Waals surface area (Å²) in [5, 5.41) is 4.67. The Hall–Kier alpha value is -3.09. The minimum atomic E-state index is -0.325. The lowest BCUT2D eigenvalue weighted by Crippen LogP contribution is -2.14. The van der Waals surface area contributed by atoms with Crippen LogP contribution in [0.3, 0.4) is 0 Å². The van der Waals surface area contributed by atoms with Gasteiger partial charge < -0.3 is 9.47 Å². The minimum Gasteiger partial charge on any atom is -0.493 e. The van der Waals surface area contributed by atoms with Crippen LogP contribution in [0, 0.1) is 0 Å². The van der Waals surface area contributed by atoms with Crippen LogP contribution in [-0.2, 0) is 11.4 Å². The number of carbonyl (C=O) groups excluding carboxylic acids is 1. The maximum atomic E-state index is 11.9. The van der Waals surface area contributed by atoms with Gasteiger partial charge in [0.25, 0.3) is 5.91 Å². The van der Waals surface area contributed by atoms with Crippen molar-refractivity contribution in [3.63, 3.8) is 0 Å². The normalized spacial score (nSPS) is 11.1. The molecule has 158 valence electrons. The number of benzene rings is 3. The molecule has 3 rings (SSSR count). The summed E-state index contributed by atoms with van der Waals surface area (Å²) in [6.45, 7) is 0.364. The fourth-order valence-electron chi connectivity index (χ4n) is 2.63. The Morgan fingerprint density at radius 1 is 1.10 bits per heavy atom. The van der Waals surface area contributed by atoms with E-state index in [4.69, 9.17) is 21.1 Å². The Balaban J connectivity index is 1.62. The van der Waals surface area contributed by atoms with Crippen LogP contribution in [0.25, 0.3) is 6.08 Å². The molecule has 0 atom stereocenters. The smallest absolute Gasteiger partial charge is 0.264 e. The maximum absolute atomic E-state index is 11.9. The highest BCUT2D eigenvalue weighted by molar-refractivity contribution is 9.10. The predicted molar refractivity (Wildman–Crippen MR) is 128 cm³/mol. The fraction of sp³-hybridized carbons (Fsp3) is 0.0833. The summed E-state index contributed by atoms with van der Waals surface area (Å²) in [6, 6.07) is 20.6. The van der Waals surface area contributed by atoms with Crippen LogP contribution in [0.4, 0.5) is 0 Å². The summed E-state index contributed by atoms with van der Waals surface area (Å²) in [5.74, 6) is 0.790. The Kier molecular flexibility index (Phi) is 8.27. The van der Waals surface area contributed by atoms with E-state index >= 15 is 0 Å². The van der Waals surface area contributed by atoms with Gasteiger partial charge in [0.15, 0.2) is 11.5 Å². The molecule has 0 saturated carbocycles. The standard InChI is InChI=1S/C24H20BrClN2O3/c1-30-22-14-19(15-27-28-23(29)12-9-17-5-3-2-4-6-17)13-21(25)24(22)31-16-18-7-10-20(26)11-8-18/h2-15H,16H2,1H3,(H,28,29)/b12-9+,27-15-. The van der Waals surface area contributed by atoms with Gasteiger partial charge in [-0.15, -0.1) is 0 Å². The van der Waals surface area contributed by atoms with Crippen molar-refractivity contribution in [3.8, 4) is 11.5 Å². The lowest BCUT2D eigenvalue weighted by atomic mass is 10.2. The second-order valence-corrected chi connectivity index (χ2v) is 7.72. The highest BCUT2D eigenvalue weighted by Crippen LogP contribution is 2.36. The van der Waals surface area contributed by atoms with Crippen LogP contribution < -0.4 is 14.9 Å². The van der Waals surface area contributed by atoms with Crippen molar-refractivity contribution >= 4 is 45.7 Å². The number of hydrogen-bond acceptors (Lipinski definition) is 4. The molecule has 0 radical (unpaired) electrons. The highest BCUT2D eigenvalue weighted by Gasteiger charge is 2.11. The number of halogens is 2. The Labute approximate surface area is 194 Å². The molecule has 0 heterocycles. The lowest BCUT2D eigenvalue weighted by molar-refractivity contribution is -0.116. The molecule has 0 aliphatic carbocycles. The van der Waals surface area contributed by atoms with Gasteiger partial charge in [-0.2, -0.15) is 5.10 Å². The molecule has 0 bridgehead atoms. The zero-order valence-electron chi connectivity index (χ0n) is 16.7. The third kappa shape index (κ3) is 6.98. The summed E-state index contributed by atoms with van der Waals surface area (Å²) < 4.78 is 12.1. The van der Waals surface area contributed by atoms with Crippen molar-refractivity contribution < 1.29 is 14.3 Å². The van der Waals surface area contributed by atoms with Gasteiger partial charge in [-0.05, 0) is 63.0 Å². The number of rotatable bonds is 8. The molecule has 0 fully saturated rings. The first-order valence-electron chi connectivity index (χ1n) is 9.36. The summed E-state index contributed by atoms with van der Waals surface area (Å²) in [5.41, 5.74) is 5.12. The van der Waals surface area contributed by atoms with Crippen LogP contribution in [0.15, 0.2) is 82.4 Å². The molecule has 1 amide bonds. The van der Waals surface area contributed by atoms with Crippen molar-refractivity contribution in [2.45, 2.75) is 6.61 Å². The van der Waals surface area contributed by atoms with Crippen LogP contribution in [-0.4, -0.2) is 19.2 Å². The average Bonchev–Trinajstić information content (AvgIpc) is 2.78. The summed E-state index contributed by atoms with van der Waals surface area (Å²) >= 11 is 9.42. The number of amides is 1. The molecule has 7 heteroatoms. The van der Waals surface area contributed by atoms with Gasteiger partial charge in [0.1, 0.15) is 6.61 Å². The molecule has 0 spiro atoms. The highest BCUT2D eigenvalue weighted by atomic mass is 79.9. The molecule has 3 aromatic rings. The minimum absolute atomic E-state index is 0.325. The first-order chi connectivity index (χ1) is 15.0. The molecule has 31 heavy (non-hydrogen) atoms. The van der Waals surface area contributed by atoms with E-state index in [0.29, 0.717) is 27.6 Å². The van der Waals surface area contributed by atoms with Gasteiger partial charge in [0, 0.05) is 11.1 Å². The molecule has 0 aromatic heterocycles. The molecule has 3 aromatic carbocycles. The maximum Gasteiger partial charge on any atom is 0.264 e. The van der Waals surface area contributed by atoms with Crippen molar-refractivity contribution in [1.29, 1.82) is 0 Å². The van der Waals surface area contributed by atoms with Gasteiger partial charge in [-0.1, -0.05) is 54.1 Å². The van der Waals surface area contributed by atoms with Crippen molar-refractivity contribution in [3.05, 3.63) is 99.0 Å². The molecule has 5 nitrogen and oxygen atoms in total. The zero-order chi connectivity index (χ0) is 22.1. The Morgan fingerprint density at radius 3 is 2.55 bits per heavy atom. The molecule has 0 aliphatic rings. The molecule has 0 unspecified atom stereocenters. The molecule has 0 saturated heterocycles. The number of carbonyl (C=O) groups is 1. The van der Waals surface area contributed by atoms with Gasteiger partial charge in [-0.25, -0.2) is 5.43 Å². The average molecular weight is 500 g/mol. The van der Waals surface area contributed by atoms with Gasteiger partial charge in [0.05, 0.1) is 17.8 Å². The van der Waals surface area contributed by atoms with E-state index in [2.05, 4.69) is 26.5 Å². The number of nitrogens with one attached hydrogen (secondary N) is 1. The second-order valence-electron chi connectivity index (χ2n) is 6.43. The summed E-state index contributed by atoms with van der Waals surface area (Å²) in [4.78, 5) is 11.9. The van der Waals surface area contributed by atoms with E-state index in [9.17, 15) is 4.79 Å². The SMILES string of the molecule is COc1cc(/C=N\NC(=O)/C=C/c2ccccc2)cc(Br)c1OCc1ccc(Cl)cc1. The van der Waals surface area contributed by atoms with E-state index in [-0.39, 0.29) is 5.91 Å².